The lowest BCUT2D eigenvalue weighted by Gasteiger charge is -2.19. The molecule has 2 rings (SSSR count). The number of hydrogen-bond acceptors (Lipinski definition) is 8. The number of alkyl carbamates (subject to hydrolysis) is 1. The van der Waals surface area contributed by atoms with Gasteiger partial charge in [-0.15, -0.1) is 0 Å². The fourth-order valence-corrected chi connectivity index (χ4v) is 3.08. The van der Waals surface area contributed by atoms with E-state index in [9.17, 15) is 9.59 Å². The number of rotatable bonds is 13. The smallest absolute Gasteiger partial charge is 0.407 e. The van der Waals surface area contributed by atoms with Gasteiger partial charge >= 0.3 is 12.1 Å². The van der Waals surface area contributed by atoms with E-state index in [1.165, 1.54) is 7.11 Å². The van der Waals surface area contributed by atoms with Crippen molar-refractivity contribution in [3.63, 3.8) is 0 Å². The molecule has 1 N–H and O–H groups in total. The van der Waals surface area contributed by atoms with Crippen molar-refractivity contribution in [2.75, 3.05) is 13.7 Å². The number of hydrogen-bond donors (Lipinski definition) is 1. The molecule has 0 saturated carbocycles. The molecule has 0 aliphatic carbocycles. The monoisotopic (exact) mass is 461 g/mol. The van der Waals surface area contributed by atoms with Crippen molar-refractivity contribution in [2.45, 2.75) is 77.9 Å². The molecule has 1 amide bonds. The molecule has 33 heavy (non-hydrogen) atoms. The number of nitrogens with one attached hydrogen (secondary N) is 1. The Bertz CT molecular complexity index is 875. The molecule has 0 unspecified atom stereocenters. The SMILES string of the molecule is COC(=O)c1ccccc1OCc1noc(CCCCCCCCNC(=O)OC(C)(C)C)n1. The Morgan fingerprint density at radius 2 is 1.73 bits per heavy atom. The van der Waals surface area contributed by atoms with Crippen LogP contribution in [0.25, 0.3) is 0 Å². The summed E-state index contributed by atoms with van der Waals surface area (Å²) in [6, 6.07) is 6.86. The second kappa shape index (κ2) is 13.4. The average Bonchev–Trinajstić information content (AvgIpc) is 3.22. The zero-order valence-electron chi connectivity index (χ0n) is 20.0. The van der Waals surface area contributed by atoms with Crippen molar-refractivity contribution in [2.24, 2.45) is 0 Å². The third-order valence-electron chi connectivity index (χ3n) is 4.64. The first-order chi connectivity index (χ1) is 15.8. The number of carbonyl (C=O) groups excluding carboxylic acids is 2. The summed E-state index contributed by atoms with van der Waals surface area (Å²) < 4.78 is 20.9. The fourth-order valence-electron chi connectivity index (χ4n) is 3.08. The van der Waals surface area contributed by atoms with E-state index < -0.39 is 11.6 Å². The van der Waals surface area contributed by atoms with E-state index in [4.69, 9.17) is 18.7 Å². The van der Waals surface area contributed by atoms with Crippen molar-refractivity contribution in [3.8, 4) is 5.75 Å². The second-order valence-electron chi connectivity index (χ2n) is 8.68. The minimum Gasteiger partial charge on any atom is -0.485 e. The Morgan fingerprint density at radius 1 is 1.03 bits per heavy atom. The van der Waals surface area contributed by atoms with E-state index in [1.54, 1.807) is 24.3 Å². The lowest BCUT2D eigenvalue weighted by atomic mass is 10.1. The number of carbonyl (C=O) groups is 2. The summed E-state index contributed by atoms with van der Waals surface area (Å²) in [4.78, 5) is 27.7. The molecule has 0 aliphatic heterocycles. The Balaban J connectivity index is 1.56. The zero-order valence-corrected chi connectivity index (χ0v) is 20.0. The maximum atomic E-state index is 11.8. The van der Waals surface area contributed by atoms with Gasteiger partial charge in [-0.3, -0.25) is 0 Å². The molecule has 2 aromatic rings. The number of nitrogens with zero attached hydrogens (tertiary/aromatic N) is 2. The van der Waals surface area contributed by atoms with Gasteiger partial charge in [0.05, 0.1) is 7.11 Å². The van der Waals surface area contributed by atoms with Gasteiger partial charge in [0, 0.05) is 13.0 Å². The summed E-state index contributed by atoms with van der Waals surface area (Å²) in [5.41, 5.74) is -0.115. The number of para-hydroxylation sites is 1. The molecule has 0 bridgehead atoms. The van der Waals surface area contributed by atoms with Crippen LogP contribution in [-0.2, 0) is 22.5 Å². The van der Waals surface area contributed by atoms with E-state index in [1.807, 2.05) is 20.8 Å². The molecule has 1 heterocycles. The van der Waals surface area contributed by atoms with Gasteiger partial charge in [-0.05, 0) is 45.7 Å². The first-order valence-corrected chi connectivity index (χ1v) is 11.4. The maximum absolute atomic E-state index is 11.8. The standard InChI is InChI=1S/C24H35N3O6/c1-24(2,3)32-23(29)25-16-12-8-6-5-7-9-15-21-26-20(27-33-21)17-31-19-14-11-10-13-18(19)22(28)30-4/h10-11,13-14H,5-9,12,15-17H2,1-4H3,(H,25,29). The highest BCUT2D eigenvalue weighted by Crippen LogP contribution is 2.20. The lowest BCUT2D eigenvalue weighted by Crippen LogP contribution is -2.32. The van der Waals surface area contributed by atoms with Crippen LogP contribution in [0.1, 0.15) is 81.4 Å². The first kappa shape index (κ1) is 26.2. The first-order valence-electron chi connectivity index (χ1n) is 11.4. The molecule has 0 radical (unpaired) electrons. The van der Waals surface area contributed by atoms with Crippen molar-refractivity contribution in [1.29, 1.82) is 0 Å². The topological polar surface area (TPSA) is 113 Å². The number of amides is 1. The van der Waals surface area contributed by atoms with Crippen molar-refractivity contribution < 1.29 is 28.3 Å². The van der Waals surface area contributed by atoms with E-state index in [0.717, 1.165) is 38.5 Å². The van der Waals surface area contributed by atoms with Gasteiger partial charge in [0.2, 0.25) is 11.7 Å². The Hall–Kier alpha value is -3.10. The molecule has 182 valence electrons. The molecule has 9 heteroatoms. The summed E-state index contributed by atoms with van der Waals surface area (Å²) in [5.74, 6) is 0.967. The van der Waals surface area contributed by atoms with Gasteiger partial charge in [-0.25, -0.2) is 9.59 Å². The van der Waals surface area contributed by atoms with Crippen molar-refractivity contribution in [3.05, 3.63) is 41.5 Å². The van der Waals surface area contributed by atoms with Crippen LogP contribution in [0, 0.1) is 0 Å². The van der Waals surface area contributed by atoms with Gasteiger partial charge in [-0.2, -0.15) is 4.98 Å². The molecular weight excluding hydrogens is 426 g/mol. The zero-order chi connectivity index (χ0) is 24.1. The number of unbranched alkanes of at least 4 members (excludes halogenated alkanes) is 5. The third-order valence-corrected chi connectivity index (χ3v) is 4.64. The van der Waals surface area contributed by atoms with Gasteiger partial charge in [0.1, 0.15) is 16.9 Å². The van der Waals surface area contributed by atoms with Crippen LogP contribution in [0.5, 0.6) is 5.75 Å². The molecule has 0 atom stereocenters. The summed E-state index contributed by atoms with van der Waals surface area (Å²) in [5, 5.41) is 6.71. The van der Waals surface area contributed by atoms with Crippen LogP contribution >= 0.6 is 0 Å². The molecule has 0 spiro atoms. The Labute approximate surface area is 195 Å². The van der Waals surface area contributed by atoms with E-state index in [-0.39, 0.29) is 12.7 Å². The molecule has 1 aromatic carbocycles. The number of methoxy groups -OCH3 is 1. The predicted octanol–water partition coefficient (Wildman–Crippen LogP) is 4.84. The minimum atomic E-state index is -0.466. The van der Waals surface area contributed by atoms with Crippen LogP contribution < -0.4 is 10.1 Å². The largest absolute Gasteiger partial charge is 0.485 e. The van der Waals surface area contributed by atoms with Crippen LogP contribution in [0.4, 0.5) is 4.79 Å². The van der Waals surface area contributed by atoms with Gasteiger partial charge in [-0.1, -0.05) is 43.0 Å². The highest BCUT2D eigenvalue weighted by Gasteiger charge is 2.15. The molecular formula is C24H35N3O6. The van der Waals surface area contributed by atoms with Crippen LogP contribution in [0.3, 0.4) is 0 Å². The Morgan fingerprint density at radius 3 is 2.45 bits per heavy atom. The van der Waals surface area contributed by atoms with E-state index in [2.05, 4.69) is 15.5 Å². The van der Waals surface area contributed by atoms with Gasteiger partial charge in [0.15, 0.2) is 6.61 Å². The maximum Gasteiger partial charge on any atom is 0.407 e. The molecule has 1 aromatic heterocycles. The molecule has 0 aliphatic rings. The molecule has 0 saturated heterocycles. The second-order valence-corrected chi connectivity index (χ2v) is 8.68. The summed E-state index contributed by atoms with van der Waals surface area (Å²) >= 11 is 0. The number of aryl methyl sites for hydroxylation is 1. The highest BCUT2D eigenvalue weighted by molar-refractivity contribution is 5.92. The van der Waals surface area contributed by atoms with Gasteiger partial charge < -0.3 is 24.1 Å². The van der Waals surface area contributed by atoms with Crippen LogP contribution in [0.15, 0.2) is 28.8 Å². The third kappa shape index (κ3) is 10.4. The quantitative estimate of drug-likeness (QED) is 0.333. The Kier molecular flexibility index (Phi) is 10.7. The number of ether oxygens (including phenoxy) is 3. The predicted molar refractivity (Wildman–Crippen MR) is 122 cm³/mol. The summed E-state index contributed by atoms with van der Waals surface area (Å²) in [6.07, 6.45) is 6.60. The number of benzene rings is 1. The van der Waals surface area contributed by atoms with Crippen LogP contribution in [0.2, 0.25) is 0 Å². The average molecular weight is 462 g/mol. The van der Waals surface area contributed by atoms with E-state index >= 15 is 0 Å². The molecule has 0 fully saturated rings. The summed E-state index contributed by atoms with van der Waals surface area (Å²) in [7, 11) is 1.33. The lowest BCUT2D eigenvalue weighted by molar-refractivity contribution is 0.0525. The minimum absolute atomic E-state index is 0.106. The van der Waals surface area contributed by atoms with Gasteiger partial charge in [0.25, 0.3) is 0 Å². The molecule has 9 nitrogen and oxygen atoms in total. The number of aromatic nitrogens is 2. The summed E-state index contributed by atoms with van der Waals surface area (Å²) in [6.45, 7) is 6.29. The number of esters is 1. The van der Waals surface area contributed by atoms with Crippen molar-refractivity contribution in [1.82, 2.24) is 15.5 Å². The normalized spacial score (nSPS) is 11.2. The van der Waals surface area contributed by atoms with E-state index in [0.29, 0.717) is 36.0 Å². The van der Waals surface area contributed by atoms with Crippen LogP contribution in [-0.4, -0.2) is 41.5 Å². The fraction of sp³-hybridized carbons (Fsp3) is 0.583. The highest BCUT2D eigenvalue weighted by atomic mass is 16.6. The van der Waals surface area contributed by atoms with Crippen molar-refractivity contribution >= 4 is 12.1 Å².